The molecule has 0 bridgehead atoms. The van der Waals surface area contributed by atoms with Gasteiger partial charge < -0.3 is 4.74 Å². The van der Waals surface area contributed by atoms with E-state index in [4.69, 9.17) is 16.3 Å². The van der Waals surface area contributed by atoms with E-state index >= 15 is 0 Å². The lowest BCUT2D eigenvalue weighted by atomic mass is 9.94. The minimum Gasteiger partial charge on any atom is -0.448 e. The Morgan fingerprint density at radius 3 is 2.53 bits per heavy atom. The van der Waals surface area contributed by atoms with Gasteiger partial charge in [-0.05, 0) is 25.0 Å². The van der Waals surface area contributed by atoms with Crippen LogP contribution in [0, 0.1) is 0 Å². The van der Waals surface area contributed by atoms with Gasteiger partial charge in [0.1, 0.15) is 6.61 Å². The van der Waals surface area contributed by atoms with E-state index in [1.165, 1.54) is 19.3 Å². The monoisotopic (exact) mass is 281 g/mol. The van der Waals surface area contributed by atoms with Crippen molar-refractivity contribution in [1.82, 2.24) is 0 Å². The van der Waals surface area contributed by atoms with Crippen LogP contribution in [0.15, 0.2) is 30.3 Å². The Morgan fingerprint density at radius 1 is 1.21 bits per heavy atom. The number of halogens is 1. The molecule has 0 heterocycles. The third-order valence-electron chi connectivity index (χ3n) is 3.47. The molecular weight excluding hydrogens is 262 g/mol. The molecule has 0 aliphatic heterocycles. The first-order chi connectivity index (χ1) is 9.33. The molecule has 0 unspecified atom stereocenters. The second kappa shape index (κ2) is 7.39. The number of alkyl halides is 1. The van der Waals surface area contributed by atoms with Crippen LogP contribution in [-0.2, 0) is 4.74 Å². The topological polar surface area (TPSA) is 29.5 Å². The number of carbonyl (C=O) groups is 1. The molecule has 0 radical (unpaired) electrons. The minimum atomic E-state index is -0.279. The zero-order valence-corrected chi connectivity index (χ0v) is 11.8. The largest absolute Gasteiger partial charge is 0.448 e. The highest BCUT2D eigenvalue weighted by atomic mass is 35.5. The van der Waals surface area contributed by atoms with Gasteiger partial charge in [-0.2, -0.15) is 0 Å². The van der Waals surface area contributed by atoms with Crippen molar-refractivity contribution >= 4 is 23.4 Å². The molecule has 2 rings (SSSR count). The van der Waals surface area contributed by atoms with Crippen molar-refractivity contribution < 1.29 is 9.53 Å². The second-order valence-electron chi connectivity index (χ2n) is 4.80. The Kier molecular flexibility index (Phi) is 5.52. The number of carbonyl (C=O) groups excluding carboxylic acids is 1. The molecular formula is C15H20ClNO2. The van der Waals surface area contributed by atoms with Gasteiger partial charge in [0.2, 0.25) is 0 Å². The van der Waals surface area contributed by atoms with E-state index < -0.39 is 0 Å². The van der Waals surface area contributed by atoms with Gasteiger partial charge in [0.05, 0.1) is 5.88 Å². The molecule has 0 saturated heterocycles. The summed E-state index contributed by atoms with van der Waals surface area (Å²) in [6.45, 7) is 0.260. The minimum absolute atomic E-state index is 0.249. The maximum absolute atomic E-state index is 12.2. The van der Waals surface area contributed by atoms with Crippen molar-refractivity contribution in [2.75, 3.05) is 17.4 Å². The van der Waals surface area contributed by atoms with E-state index in [9.17, 15) is 4.79 Å². The lowest BCUT2D eigenvalue weighted by Gasteiger charge is -2.33. The predicted molar refractivity (Wildman–Crippen MR) is 77.9 cm³/mol. The van der Waals surface area contributed by atoms with E-state index in [0.717, 1.165) is 18.5 Å². The highest BCUT2D eigenvalue weighted by Crippen LogP contribution is 2.27. The molecule has 1 saturated carbocycles. The van der Waals surface area contributed by atoms with Crippen molar-refractivity contribution in [2.24, 2.45) is 0 Å². The summed E-state index contributed by atoms with van der Waals surface area (Å²) in [6.07, 6.45) is 5.43. The van der Waals surface area contributed by atoms with Crippen LogP contribution in [-0.4, -0.2) is 24.6 Å². The molecule has 0 aromatic heterocycles. The Morgan fingerprint density at radius 2 is 1.89 bits per heavy atom. The van der Waals surface area contributed by atoms with Crippen LogP contribution in [0.2, 0.25) is 0 Å². The Hall–Kier alpha value is -1.22. The maximum atomic E-state index is 12.2. The van der Waals surface area contributed by atoms with Gasteiger partial charge in [0, 0.05) is 11.7 Å². The summed E-state index contributed by atoms with van der Waals surface area (Å²) in [7, 11) is 0. The van der Waals surface area contributed by atoms with Crippen LogP contribution in [0.5, 0.6) is 0 Å². The maximum Gasteiger partial charge on any atom is 0.414 e. The number of ether oxygens (including phenoxy) is 1. The summed E-state index contributed by atoms with van der Waals surface area (Å²) in [5, 5.41) is 0. The van der Waals surface area contributed by atoms with Gasteiger partial charge in [-0.15, -0.1) is 11.6 Å². The summed E-state index contributed by atoms with van der Waals surface area (Å²) in [4.78, 5) is 14.0. The van der Waals surface area contributed by atoms with E-state index in [-0.39, 0.29) is 18.7 Å². The quantitative estimate of drug-likeness (QED) is 0.774. The third-order valence-corrected chi connectivity index (χ3v) is 3.63. The standard InChI is InChI=1S/C15H20ClNO2/c16-11-12-19-15(18)17(13-7-3-1-4-8-13)14-9-5-2-6-10-14/h1,3-4,7-8,14H,2,5-6,9-12H2. The smallest absolute Gasteiger partial charge is 0.414 e. The average molecular weight is 282 g/mol. The second-order valence-corrected chi connectivity index (χ2v) is 5.18. The Balaban J connectivity index is 2.14. The van der Waals surface area contributed by atoms with Crippen molar-refractivity contribution in [3.8, 4) is 0 Å². The van der Waals surface area contributed by atoms with E-state index in [0.29, 0.717) is 5.88 Å². The number of hydrogen-bond acceptors (Lipinski definition) is 2. The van der Waals surface area contributed by atoms with Crippen molar-refractivity contribution in [3.05, 3.63) is 30.3 Å². The molecule has 1 fully saturated rings. The van der Waals surface area contributed by atoms with Gasteiger partial charge in [-0.1, -0.05) is 37.5 Å². The van der Waals surface area contributed by atoms with Crippen molar-refractivity contribution in [3.63, 3.8) is 0 Å². The summed E-state index contributed by atoms with van der Waals surface area (Å²) < 4.78 is 5.22. The van der Waals surface area contributed by atoms with E-state index in [1.54, 1.807) is 4.90 Å². The highest BCUT2D eigenvalue weighted by molar-refractivity contribution is 6.18. The van der Waals surface area contributed by atoms with Gasteiger partial charge in [0.15, 0.2) is 0 Å². The third kappa shape index (κ3) is 3.87. The van der Waals surface area contributed by atoms with Crippen LogP contribution < -0.4 is 4.90 Å². The van der Waals surface area contributed by atoms with Gasteiger partial charge in [-0.3, -0.25) is 4.90 Å². The van der Waals surface area contributed by atoms with Crippen LogP contribution in [0.25, 0.3) is 0 Å². The molecule has 1 aromatic carbocycles. The number of nitrogens with zero attached hydrogens (tertiary/aromatic N) is 1. The highest BCUT2D eigenvalue weighted by Gasteiger charge is 2.27. The lowest BCUT2D eigenvalue weighted by Crippen LogP contribution is -2.42. The van der Waals surface area contributed by atoms with Gasteiger partial charge in [0.25, 0.3) is 0 Å². The predicted octanol–water partition coefficient (Wildman–Crippen LogP) is 4.20. The zero-order valence-electron chi connectivity index (χ0n) is 11.1. The molecule has 3 nitrogen and oxygen atoms in total. The molecule has 1 amide bonds. The summed E-state index contributed by atoms with van der Waals surface area (Å²) in [6, 6.07) is 10.00. The Bertz CT molecular complexity index is 390. The molecule has 1 aliphatic rings. The number of hydrogen-bond donors (Lipinski definition) is 0. The van der Waals surface area contributed by atoms with Crippen molar-refractivity contribution in [2.45, 2.75) is 38.1 Å². The van der Waals surface area contributed by atoms with Crippen LogP contribution in [0.4, 0.5) is 10.5 Å². The first-order valence-electron chi connectivity index (χ1n) is 6.90. The number of para-hydroxylation sites is 1. The van der Waals surface area contributed by atoms with Crippen LogP contribution >= 0.6 is 11.6 Å². The molecule has 4 heteroatoms. The number of amides is 1. The van der Waals surface area contributed by atoms with Crippen LogP contribution in [0.1, 0.15) is 32.1 Å². The molecule has 1 aromatic rings. The first kappa shape index (κ1) is 14.2. The molecule has 0 spiro atoms. The normalized spacial score (nSPS) is 16.1. The number of benzene rings is 1. The van der Waals surface area contributed by atoms with Gasteiger partial charge >= 0.3 is 6.09 Å². The zero-order chi connectivity index (χ0) is 13.5. The molecule has 1 aliphatic carbocycles. The Labute approximate surface area is 119 Å². The summed E-state index contributed by atoms with van der Waals surface area (Å²) in [5.74, 6) is 0.332. The molecule has 0 N–H and O–H groups in total. The van der Waals surface area contributed by atoms with Crippen molar-refractivity contribution in [1.29, 1.82) is 0 Å². The summed E-state index contributed by atoms with van der Waals surface area (Å²) >= 11 is 5.59. The number of rotatable bonds is 4. The number of anilines is 1. The molecule has 0 atom stereocenters. The molecule has 19 heavy (non-hydrogen) atoms. The first-order valence-corrected chi connectivity index (χ1v) is 7.43. The average Bonchev–Trinajstić information content (AvgIpc) is 2.47. The fourth-order valence-corrected chi connectivity index (χ4v) is 2.67. The fourth-order valence-electron chi connectivity index (χ4n) is 2.59. The van der Waals surface area contributed by atoms with Gasteiger partial charge in [-0.25, -0.2) is 4.79 Å². The van der Waals surface area contributed by atoms with E-state index in [2.05, 4.69) is 0 Å². The molecule has 104 valence electrons. The fraction of sp³-hybridized carbons (Fsp3) is 0.533. The van der Waals surface area contributed by atoms with E-state index in [1.807, 2.05) is 30.3 Å². The summed E-state index contributed by atoms with van der Waals surface area (Å²) in [5.41, 5.74) is 0.911. The van der Waals surface area contributed by atoms with Crippen LogP contribution in [0.3, 0.4) is 0 Å². The SMILES string of the molecule is O=C(OCCCl)N(c1ccccc1)C1CCCCC1. The lowest BCUT2D eigenvalue weighted by molar-refractivity contribution is 0.156.